The Balaban J connectivity index is 0.00000338. The van der Waals surface area contributed by atoms with Gasteiger partial charge in [0.15, 0.2) is 5.96 Å². The van der Waals surface area contributed by atoms with Gasteiger partial charge in [-0.2, -0.15) is 5.26 Å². The Morgan fingerprint density at radius 2 is 1.81 bits per heavy atom. The number of guanidine groups is 1. The minimum atomic E-state index is -0.248. The summed E-state index contributed by atoms with van der Waals surface area (Å²) >= 11 is 0. The highest BCUT2D eigenvalue weighted by molar-refractivity contribution is 14.0. The number of nitrogens with one attached hydrogen (secondary N) is 1. The summed E-state index contributed by atoms with van der Waals surface area (Å²) in [6.45, 7) is 8.26. The van der Waals surface area contributed by atoms with Crippen LogP contribution < -0.4 is 5.32 Å². The molecule has 1 aromatic carbocycles. The van der Waals surface area contributed by atoms with Gasteiger partial charge in [-0.1, -0.05) is 12.1 Å². The van der Waals surface area contributed by atoms with Gasteiger partial charge in [-0.25, -0.2) is 9.79 Å². The molecule has 0 radical (unpaired) electrons. The molecule has 0 aromatic heterocycles. The SMILES string of the molecule is CCNC(=NCc1ccc(C#N)cc1)N1CCN(C(=O)OCC)CC1.I. The van der Waals surface area contributed by atoms with E-state index >= 15 is 0 Å². The van der Waals surface area contributed by atoms with Crippen LogP contribution in [-0.2, 0) is 11.3 Å². The number of ether oxygens (including phenoxy) is 1. The molecule has 142 valence electrons. The van der Waals surface area contributed by atoms with Gasteiger partial charge in [-0.15, -0.1) is 24.0 Å². The number of nitrogens with zero attached hydrogens (tertiary/aromatic N) is 4. The molecule has 1 fully saturated rings. The van der Waals surface area contributed by atoms with E-state index in [1.54, 1.807) is 17.0 Å². The summed E-state index contributed by atoms with van der Waals surface area (Å²) in [6, 6.07) is 9.56. The van der Waals surface area contributed by atoms with Gasteiger partial charge in [-0.3, -0.25) is 0 Å². The van der Waals surface area contributed by atoms with Crippen molar-refractivity contribution in [2.45, 2.75) is 20.4 Å². The summed E-state index contributed by atoms with van der Waals surface area (Å²) in [7, 11) is 0. The summed E-state index contributed by atoms with van der Waals surface area (Å²) < 4.78 is 5.05. The summed E-state index contributed by atoms with van der Waals surface area (Å²) in [5.41, 5.74) is 1.70. The Morgan fingerprint density at radius 3 is 2.35 bits per heavy atom. The number of hydrogen-bond acceptors (Lipinski definition) is 4. The fourth-order valence-corrected chi connectivity index (χ4v) is 2.59. The number of aliphatic imine (C=N–C) groups is 1. The van der Waals surface area contributed by atoms with Gasteiger partial charge in [0.1, 0.15) is 0 Å². The Bertz CT molecular complexity index is 634. The maximum Gasteiger partial charge on any atom is 0.409 e. The highest BCUT2D eigenvalue weighted by atomic mass is 127. The van der Waals surface area contributed by atoms with Crippen LogP contribution >= 0.6 is 24.0 Å². The minimum Gasteiger partial charge on any atom is -0.450 e. The largest absolute Gasteiger partial charge is 0.450 e. The number of carbonyl (C=O) groups is 1. The van der Waals surface area contributed by atoms with E-state index in [0.717, 1.165) is 31.2 Å². The number of halogens is 1. The fraction of sp³-hybridized carbons (Fsp3) is 0.500. The monoisotopic (exact) mass is 471 g/mol. The lowest BCUT2D eigenvalue weighted by atomic mass is 10.1. The molecule has 0 bridgehead atoms. The normalized spacial score (nSPS) is 14.3. The lowest BCUT2D eigenvalue weighted by Crippen LogP contribution is -2.53. The molecule has 0 saturated carbocycles. The fourth-order valence-electron chi connectivity index (χ4n) is 2.59. The zero-order valence-electron chi connectivity index (χ0n) is 15.3. The molecule has 1 aliphatic rings. The van der Waals surface area contributed by atoms with E-state index in [4.69, 9.17) is 10.00 Å². The number of rotatable bonds is 4. The van der Waals surface area contributed by atoms with Gasteiger partial charge in [0.05, 0.1) is 24.8 Å². The number of hydrogen-bond donors (Lipinski definition) is 1. The third-order valence-electron chi connectivity index (χ3n) is 3.93. The number of amides is 1. The lowest BCUT2D eigenvalue weighted by molar-refractivity contribution is 0.0914. The second-order valence-electron chi connectivity index (χ2n) is 5.65. The Kier molecular flexibility index (Phi) is 9.80. The summed E-state index contributed by atoms with van der Waals surface area (Å²) in [5, 5.41) is 12.2. The van der Waals surface area contributed by atoms with Gasteiger partial charge < -0.3 is 19.9 Å². The zero-order valence-corrected chi connectivity index (χ0v) is 17.6. The van der Waals surface area contributed by atoms with Gasteiger partial charge in [0.2, 0.25) is 0 Å². The van der Waals surface area contributed by atoms with E-state index in [1.165, 1.54) is 0 Å². The van der Waals surface area contributed by atoms with Crippen LogP contribution in [0.25, 0.3) is 0 Å². The average Bonchev–Trinajstić information content (AvgIpc) is 2.66. The van der Waals surface area contributed by atoms with Crippen molar-refractivity contribution in [2.24, 2.45) is 4.99 Å². The highest BCUT2D eigenvalue weighted by Gasteiger charge is 2.23. The number of benzene rings is 1. The number of nitriles is 1. The second kappa shape index (κ2) is 11.6. The van der Waals surface area contributed by atoms with Gasteiger partial charge in [0.25, 0.3) is 0 Å². The van der Waals surface area contributed by atoms with Gasteiger partial charge in [-0.05, 0) is 31.5 Å². The standard InChI is InChI=1S/C18H25N5O2.HI/c1-3-20-17(21-14-16-7-5-15(13-19)6-8-16)22-9-11-23(12-10-22)18(24)25-4-2;/h5-8H,3-4,9-12,14H2,1-2H3,(H,20,21);1H. The predicted octanol–water partition coefficient (Wildman–Crippen LogP) is 2.42. The second-order valence-corrected chi connectivity index (χ2v) is 5.65. The van der Waals surface area contributed by atoms with Crippen LogP contribution in [0.15, 0.2) is 29.3 Å². The quantitative estimate of drug-likeness (QED) is 0.415. The molecule has 1 saturated heterocycles. The predicted molar refractivity (Wildman–Crippen MR) is 112 cm³/mol. The zero-order chi connectivity index (χ0) is 18.1. The molecule has 0 atom stereocenters. The molecule has 7 nitrogen and oxygen atoms in total. The molecule has 0 aliphatic carbocycles. The Hall–Kier alpha value is -2.02. The van der Waals surface area contributed by atoms with Crippen molar-refractivity contribution in [1.29, 1.82) is 5.26 Å². The Morgan fingerprint density at radius 1 is 1.19 bits per heavy atom. The molecule has 26 heavy (non-hydrogen) atoms. The molecule has 1 aromatic rings. The van der Waals surface area contributed by atoms with Crippen molar-refractivity contribution >= 4 is 36.0 Å². The first kappa shape index (κ1) is 22.0. The average molecular weight is 471 g/mol. The lowest BCUT2D eigenvalue weighted by Gasteiger charge is -2.35. The first-order valence-corrected chi connectivity index (χ1v) is 8.62. The van der Waals surface area contributed by atoms with Gasteiger partial charge >= 0.3 is 6.09 Å². The summed E-state index contributed by atoms with van der Waals surface area (Å²) in [6.07, 6.45) is -0.248. The van der Waals surface area contributed by atoms with Crippen molar-refractivity contribution in [3.8, 4) is 6.07 Å². The molecular formula is C18H26IN5O2. The van der Waals surface area contributed by atoms with Crippen molar-refractivity contribution in [3.63, 3.8) is 0 Å². The van der Waals surface area contributed by atoms with E-state index in [1.807, 2.05) is 26.0 Å². The first-order valence-electron chi connectivity index (χ1n) is 8.62. The molecule has 1 heterocycles. The first-order chi connectivity index (χ1) is 12.2. The van der Waals surface area contributed by atoms with Gasteiger partial charge in [0, 0.05) is 32.7 Å². The smallest absolute Gasteiger partial charge is 0.409 e. The highest BCUT2D eigenvalue weighted by Crippen LogP contribution is 2.07. The number of piperazine rings is 1. The molecule has 1 amide bonds. The number of carbonyl (C=O) groups excluding carboxylic acids is 1. The van der Waals surface area contributed by atoms with Crippen molar-refractivity contribution < 1.29 is 9.53 Å². The summed E-state index contributed by atoms with van der Waals surface area (Å²) in [4.78, 5) is 20.3. The van der Waals surface area contributed by atoms with Crippen LogP contribution in [0.5, 0.6) is 0 Å². The van der Waals surface area contributed by atoms with Crippen molar-refractivity contribution in [1.82, 2.24) is 15.1 Å². The third-order valence-corrected chi connectivity index (χ3v) is 3.93. The maximum atomic E-state index is 11.8. The molecule has 0 spiro atoms. The summed E-state index contributed by atoms with van der Waals surface area (Å²) in [5.74, 6) is 0.843. The van der Waals surface area contributed by atoms with E-state index in [-0.39, 0.29) is 30.1 Å². The minimum absolute atomic E-state index is 0. The van der Waals surface area contributed by atoms with Crippen molar-refractivity contribution in [3.05, 3.63) is 35.4 Å². The third kappa shape index (κ3) is 6.37. The van der Waals surface area contributed by atoms with Crippen LogP contribution in [0.1, 0.15) is 25.0 Å². The Labute approximate surface area is 172 Å². The maximum absolute atomic E-state index is 11.8. The van der Waals surface area contributed by atoms with Crippen molar-refractivity contribution in [2.75, 3.05) is 39.3 Å². The molecule has 1 N–H and O–H groups in total. The van der Waals surface area contributed by atoms with E-state index in [0.29, 0.717) is 31.8 Å². The van der Waals surface area contributed by atoms with Crippen LogP contribution in [0.4, 0.5) is 4.79 Å². The van der Waals surface area contributed by atoms with E-state index in [9.17, 15) is 4.79 Å². The molecule has 2 rings (SSSR count). The van der Waals surface area contributed by atoms with Crippen LogP contribution in [-0.4, -0.2) is 61.2 Å². The van der Waals surface area contributed by atoms with E-state index in [2.05, 4.69) is 21.3 Å². The molecule has 1 aliphatic heterocycles. The van der Waals surface area contributed by atoms with Crippen LogP contribution in [0, 0.1) is 11.3 Å². The molecule has 0 unspecified atom stereocenters. The van der Waals surface area contributed by atoms with Crippen LogP contribution in [0.2, 0.25) is 0 Å². The molecule has 8 heteroatoms. The van der Waals surface area contributed by atoms with Crippen LogP contribution in [0.3, 0.4) is 0 Å². The topological polar surface area (TPSA) is 81.0 Å². The van der Waals surface area contributed by atoms with E-state index < -0.39 is 0 Å². The molecular weight excluding hydrogens is 445 g/mol.